The predicted molar refractivity (Wildman–Crippen MR) is 111 cm³/mol. The summed E-state index contributed by atoms with van der Waals surface area (Å²) in [6, 6.07) is 12.5. The molecule has 28 heavy (non-hydrogen) atoms. The Morgan fingerprint density at radius 1 is 1.25 bits per heavy atom. The van der Waals surface area contributed by atoms with Crippen molar-refractivity contribution in [3.8, 4) is 0 Å². The summed E-state index contributed by atoms with van der Waals surface area (Å²) in [7, 11) is -3.49. The number of sulfone groups is 1. The number of guanidine groups is 1. The summed E-state index contributed by atoms with van der Waals surface area (Å²) in [6.07, 6.45) is 3.15. The molecule has 0 fully saturated rings. The van der Waals surface area contributed by atoms with Crippen LogP contribution in [0.1, 0.15) is 15.9 Å². The molecule has 0 bridgehead atoms. The Kier molecular flexibility index (Phi) is 6.76. The number of aromatic nitrogens is 2. The third-order valence-corrected chi connectivity index (χ3v) is 5.03. The second kappa shape index (κ2) is 8.85. The Labute approximate surface area is 168 Å². The van der Waals surface area contributed by atoms with E-state index in [4.69, 9.17) is 5.73 Å². The van der Waals surface area contributed by atoms with Gasteiger partial charge in [0.15, 0.2) is 15.8 Å². The monoisotopic (exact) mass is 421 g/mol. The van der Waals surface area contributed by atoms with Crippen LogP contribution in [-0.4, -0.2) is 43.1 Å². The second-order valence-electron chi connectivity index (χ2n) is 6.00. The first-order valence-corrected chi connectivity index (χ1v) is 10.1. The minimum absolute atomic E-state index is 0. The Balaban J connectivity index is 0.00000280. The van der Waals surface area contributed by atoms with Crippen molar-refractivity contribution in [2.75, 3.05) is 12.8 Å². The molecule has 8 nitrogen and oxygen atoms in total. The van der Waals surface area contributed by atoms with Crippen molar-refractivity contribution in [1.29, 1.82) is 0 Å². The molecule has 1 amide bonds. The van der Waals surface area contributed by atoms with Crippen molar-refractivity contribution in [3.05, 3.63) is 59.9 Å². The summed E-state index contributed by atoms with van der Waals surface area (Å²) in [5, 5.41) is 2.48. The van der Waals surface area contributed by atoms with Gasteiger partial charge in [-0.2, -0.15) is 0 Å². The maximum atomic E-state index is 12.6. The Morgan fingerprint density at radius 3 is 2.64 bits per heavy atom. The van der Waals surface area contributed by atoms with Crippen LogP contribution in [0, 0.1) is 0 Å². The van der Waals surface area contributed by atoms with E-state index < -0.39 is 15.7 Å². The number of carbonyl (C=O) groups excluding carboxylic acids is 1. The van der Waals surface area contributed by atoms with Crippen molar-refractivity contribution in [2.45, 2.75) is 11.3 Å². The van der Waals surface area contributed by atoms with Crippen LogP contribution in [0.4, 0.5) is 0 Å². The van der Waals surface area contributed by atoms with E-state index in [2.05, 4.69) is 20.3 Å². The number of aromatic amines is 1. The summed E-state index contributed by atoms with van der Waals surface area (Å²) < 4.78 is 23.7. The maximum Gasteiger partial charge on any atom is 0.260 e. The van der Waals surface area contributed by atoms with Crippen LogP contribution in [0.3, 0.4) is 0 Å². The highest BCUT2D eigenvalue weighted by atomic mass is 35.5. The van der Waals surface area contributed by atoms with Gasteiger partial charge < -0.3 is 10.7 Å². The molecule has 0 aliphatic rings. The van der Waals surface area contributed by atoms with Crippen molar-refractivity contribution >= 4 is 45.1 Å². The number of nitrogens with two attached hydrogens (primary N) is 1. The highest BCUT2D eigenvalue weighted by molar-refractivity contribution is 7.90. The number of fused-ring (bicyclic) bond motifs is 1. The topological polar surface area (TPSA) is 130 Å². The molecular formula is C18H20ClN5O3S. The molecule has 0 aliphatic carbocycles. The van der Waals surface area contributed by atoms with Crippen LogP contribution >= 0.6 is 12.4 Å². The van der Waals surface area contributed by atoms with Gasteiger partial charge in [-0.05, 0) is 24.1 Å². The molecule has 0 radical (unpaired) electrons. The summed E-state index contributed by atoms with van der Waals surface area (Å²) in [4.78, 5) is 23.6. The molecule has 3 aromatic rings. The molecule has 0 saturated heterocycles. The molecule has 148 valence electrons. The SMILES string of the molecule is CS(=O)(=O)c1cc(C(=O)NC(N)=NCCc2ccccc2)c2nc[nH]c2c1.Cl. The van der Waals surface area contributed by atoms with Crippen LogP contribution in [-0.2, 0) is 16.3 Å². The van der Waals surface area contributed by atoms with Gasteiger partial charge in [0.25, 0.3) is 5.91 Å². The zero-order valence-corrected chi connectivity index (χ0v) is 16.7. The van der Waals surface area contributed by atoms with E-state index in [-0.39, 0.29) is 28.8 Å². The maximum absolute atomic E-state index is 12.6. The van der Waals surface area contributed by atoms with Crippen LogP contribution in [0.15, 0.2) is 58.7 Å². The number of nitrogens with zero attached hydrogens (tertiary/aromatic N) is 2. The molecule has 0 spiro atoms. The number of hydrogen-bond donors (Lipinski definition) is 3. The Bertz CT molecular complexity index is 1110. The number of nitrogens with one attached hydrogen (secondary N) is 2. The Hall–Kier alpha value is -2.91. The summed E-state index contributed by atoms with van der Waals surface area (Å²) in [5.41, 5.74) is 7.81. The van der Waals surface area contributed by atoms with E-state index in [9.17, 15) is 13.2 Å². The molecule has 0 saturated carbocycles. The van der Waals surface area contributed by atoms with Gasteiger partial charge in [0.2, 0.25) is 0 Å². The van der Waals surface area contributed by atoms with Gasteiger partial charge in [0, 0.05) is 12.8 Å². The average Bonchev–Trinajstić information content (AvgIpc) is 3.09. The van der Waals surface area contributed by atoms with Crippen LogP contribution in [0.2, 0.25) is 0 Å². The first-order valence-electron chi connectivity index (χ1n) is 8.17. The molecule has 0 atom stereocenters. The summed E-state index contributed by atoms with van der Waals surface area (Å²) >= 11 is 0. The van der Waals surface area contributed by atoms with Crippen molar-refractivity contribution in [3.63, 3.8) is 0 Å². The molecule has 0 unspecified atom stereocenters. The molecular weight excluding hydrogens is 402 g/mol. The normalized spacial score (nSPS) is 11.8. The minimum atomic E-state index is -3.49. The van der Waals surface area contributed by atoms with Gasteiger partial charge >= 0.3 is 0 Å². The number of hydrogen-bond acceptors (Lipinski definition) is 5. The van der Waals surface area contributed by atoms with Gasteiger partial charge in [-0.3, -0.25) is 15.1 Å². The number of rotatable bonds is 5. The highest BCUT2D eigenvalue weighted by Gasteiger charge is 2.18. The fourth-order valence-corrected chi connectivity index (χ4v) is 3.25. The average molecular weight is 422 g/mol. The molecule has 2 aromatic carbocycles. The number of halogens is 1. The zero-order valence-electron chi connectivity index (χ0n) is 15.0. The molecule has 1 heterocycles. The van der Waals surface area contributed by atoms with E-state index in [1.807, 2.05) is 30.3 Å². The second-order valence-corrected chi connectivity index (χ2v) is 8.01. The van der Waals surface area contributed by atoms with E-state index >= 15 is 0 Å². The molecule has 10 heteroatoms. The van der Waals surface area contributed by atoms with Gasteiger partial charge in [-0.25, -0.2) is 13.4 Å². The van der Waals surface area contributed by atoms with Gasteiger partial charge in [0.1, 0.15) is 5.52 Å². The highest BCUT2D eigenvalue weighted by Crippen LogP contribution is 2.21. The Morgan fingerprint density at radius 2 is 1.96 bits per heavy atom. The molecule has 4 N–H and O–H groups in total. The molecule has 1 aromatic heterocycles. The lowest BCUT2D eigenvalue weighted by Gasteiger charge is -2.07. The molecule has 0 aliphatic heterocycles. The number of imidazole rings is 1. The van der Waals surface area contributed by atoms with E-state index in [1.165, 1.54) is 18.5 Å². The quantitative estimate of drug-likeness (QED) is 0.426. The van der Waals surface area contributed by atoms with Gasteiger partial charge in [0.05, 0.1) is 22.3 Å². The lowest BCUT2D eigenvalue weighted by atomic mass is 10.1. The van der Waals surface area contributed by atoms with Gasteiger partial charge in [-0.15, -0.1) is 12.4 Å². The fraction of sp³-hybridized carbons (Fsp3) is 0.167. The van der Waals surface area contributed by atoms with Crippen molar-refractivity contribution in [2.24, 2.45) is 10.7 Å². The van der Waals surface area contributed by atoms with Crippen molar-refractivity contribution < 1.29 is 13.2 Å². The third-order valence-electron chi connectivity index (χ3n) is 3.94. The van der Waals surface area contributed by atoms with E-state index in [0.717, 1.165) is 11.8 Å². The lowest BCUT2D eigenvalue weighted by Crippen LogP contribution is -2.37. The number of aliphatic imine (C=N–C) groups is 1. The fourth-order valence-electron chi connectivity index (χ4n) is 2.58. The number of amides is 1. The first-order chi connectivity index (χ1) is 12.8. The van der Waals surface area contributed by atoms with Crippen molar-refractivity contribution in [1.82, 2.24) is 15.3 Å². The summed E-state index contributed by atoms with van der Waals surface area (Å²) in [5.74, 6) is -0.608. The van der Waals surface area contributed by atoms with Gasteiger partial charge in [-0.1, -0.05) is 30.3 Å². The third kappa shape index (κ3) is 5.08. The predicted octanol–water partition coefficient (Wildman–Crippen LogP) is 1.68. The largest absolute Gasteiger partial charge is 0.370 e. The van der Waals surface area contributed by atoms with Crippen LogP contribution < -0.4 is 11.1 Å². The smallest absolute Gasteiger partial charge is 0.260 e. The number of benzene rings is 2. The minimum Gasteiger partial charge on any atom is -0.370 e. The van der Waals surface area contributed by atoms with E-state index in [0.29, 0.717) is 24.0 Å². The number of H-pyrrole nitrogens is 1. The van der Waals surface area contributed by atoms with Crippen LogP contribution in [0.25, 0.3) is 11.0 Å². The van der Waals surface area contributed by atoms with Crippen LogP contribution in [0.5, 0.6) is 0 Å². The number of carbonyl (C=O) groups is 1. The first kappa shape index (κ1) is 21.4. The van der Waals surface area contributed by atoms with E-state index in [1.54, 1.807) is 0 Å². The standard InChI is InChI=1S/C18H19N5O3S.ClH/c1-27(25,26)13-9-14(16-15(10-13)21-11-22-16)17(24)23-18(19)20-8-7-12-5-3-2-4-6-12;/h2-6,9-11H,7-8H2,1H3,(H,21,22)(H3,19,20,23,24);1H. The molecule has 3 rings (SSSR count). The lowest BCUT2D eigenvalue weighted by molar-refractivity contribution is 0.0978. The zero-order chi connectivity index (χ0) is 19.4. The summed E-state index contributed by atoms with van der Waals surface area (Å²) in [6.45, 7) is 0.414.